The molecule has 11 nitrogen and oxygen atoms in total. The van der Waals surface area contributed by atoms with Gasteiger partial charge >= 0.3 is 24.3 Å². The maximum absolute atomic E-state index is 14.6. The first-order valence-electron chi connectivity index (χ1n) is 13.0. The van der Waals surface area contributed by atoms with E-state index in [0.717, 1.165) is 56.0 Å². The SMILES string of the molecule is CC(C)c1nn(-c2noc(C[C@@H]3CCN(CC4CNC4)C3)n2)c2c(F)cccc12.O=C(O)C(F)(F)F.O=C(O)C(F)(F)F. The van der Waals surface area contributed by atoms with E-state index in [0.29, 0.717) is 23.3 Å². The molecule has 5 rings (SSSR count). The normalized spacial score (nSPS) is 17.7. The number of rotatable bonds is 6. The number of likely N-dealkylation sites (tertiary alicyclic amines) is 1. The standard InChI is InChI=1S/C21H27FN6O.2C2HF3O2/c1-13(2)19-16-4-3-5-17(22)20(16)28(25-19)21-24-18(29-26-21)8-14-6-7-27(11-14)12-15-9-23-10-15;2*3-2(4,5)1(6)7/h3-5,13-15,23H,6-12H2,1-2H3;2*(H,6,7)/t14-;;/m0../s1. The Morgan fingerprint density at radius 2 is 1.67 bits per heavy atom. The van der Waals surface area contributed by atoms with Crippen LogP contribution in [0.1, 0.15) is 37.8 Å². The van der Waals surface area contributed by atoms with E-state index in [9.17, 15) is 30.7 Å². The number of hydrogen-bond acceptors (Lipinski definition) is 8. The average molecular weight is 627 g/mol. The fourth-order valence-corrected chi connectivity index (χ4v) is 4.47. The maximum atomic E-state index is 14.6. The Morgan fingerprint density at radius 3 is 2.19 bits per heavy atom. The third kappa shape index (κ3) is 9.09. The van der Waals surface area contributed by atoms with Crippen molar-refractivity contribution < 1.29 is 55.1 Å². The van der Waals surface area contributed by atoms with E-state index in [1.165, 1.54) is 17.3 Å². The summed E-state index contributed by atoms with van der Waals surface area (Å²) in [5, 5.41) is 27.1. The van der Waals surface area contributed by atoms with E-state index >= 15 is 0 Å². The highest BCUT2D eigenvalue weighted by Gasteiger charge is 2.39. The monoisotopic (exact) mass is 626 g/mol. The predicted molar refractivity (Wildman–Crippen MR) is 135 cm³/mol. The molecule has 43 heavy (non-hydrogen) atoms. The van der Waals surface area contributed by atoms with E-state index in [1.54, 1.807) is 6.07 Å². The fourth-order valence-electron chi connectivity index (χ4n) is 4.47. The summed E-state index contributed by atoms with van der Waals surface area (Å²) >= 11 is 0. The maximum Gasteiger partial charge on any atom is 0.490 e. The zero-order valence-corrected chi connectivity index (χ0v) is 22.9. The largest absolute Gasteiger partial charge is 0.490 e. The van der Waals surface area contributed by atoms with Crippen molar-refractivity contribution in [1.29, 1.82) is 0 Å². The Balaban J connectivity index is 0.000000303. The second-order valence-electron chi connectivity index (χ2n) is 10.3. The van der Waals surface area contributed by atoms with Gasteiger partial charge < -0.3 is 25.0 Å². The van der Waals surface area contributed by atoms with Gasteiger partial charge in [-0.15, -0.1) is 0 Å². The van der Waals surface area contributed by atoms with Crippen LogP contribution in [0.4, 0.5) is 30.7 Å². The molecule has 3 aromatic rings. The van der Waals surface area contributed by atoms with Crippen molar-refractivity contribution in [2.24, 2.45) is 11.8 Å². The minimum absolute atomic E-state index is 0.169. The smallest absolute Gasteiger partial charge is 0.475 e. The second-order valence-corrected chi connectivity index (χ2v) is 10.3. The van der Waals surface area contributed by atoms with Crippen LogP contribution in [0.2, 0.25) is 0 Å². The molecule has 0 aliphatic carbocycles. The van der Waals surface area contributed by atoms with Crippen molar-refractivity contribution in [2.45, 2.75) is 45.0 Å². The summed E-state index contributed by atoms with van der Waals surface area (Å²) < 4.78 is 85.0. The minimum atomic E-state index is -5.08. The summed E-state index contributed by atoms with van der Waals surface area (Å²) in [6, 6.07) is 5.04. The Morgan fingerprint density at radius 1 is 1.07 bits per heavy atom. The molecular formula is C25H29F7N6O5. The van der Waals surface area contributed by atoms with Crippen LogP contribution in [0.15, 0.2) is 22.7 Å². The van der Waals surface area contributed by atoms with Crippen molar-refractivity contribution in [3.05, 3.63) is 35.6 Å². The quantitative estimate of drug-likeness (QED) is 0.343. The van der Waals surface area contributed by atoms with E-state index in [-0.39, 0.29) is 11.7 Å². The van der Waals surface area contributed by atoms with Gasteiger partial charge in [-0.05, 0) is 41.9 Å². The zero-order chi connectivity index (χ0) is 32.1. The van der Waals surface area contributed by atoms with Gasteiger partial charge in [-0.1, -0.05) is 26.0 Å². The third-order valence-electron chi connectivity index (χ3n) is 6.58. The topological polar surface area (TPSA) is 147 Å². The Hall–Kier alpha value is -3.80. The van der Waals surface area contributed by atoms with Crippen LogP contribution in [0.3, 0.4) is 0 Å². The zero-order valence-electron chi connectivity index (χ0n) is 22.9. The highest BCUT2D eigenvalue weighted by molar-refractivity contribution is 5.84. The first kappa shape index (κ1) is 33.7. The molecule has 2 aliphatic heterocycles. The number of aromatic nitrogens is 4. The Kier molecular flexibility index (Phi) is 10.7. The first-order chi connectivity index (χ1) is 20.0. The number of carboxylic acids is 2. The molecule has 2 saturated heterocycles. The molecule has 18 heteroatoms. The summed E-state index contributed by atoms with van der Waals surface area (Å²) in [4.78, 5) is 24.9. The molecule has 2 fully saturated rings. The average Bonchev–Trinajstić information content (AvgIpc) is 3.60. The van der Waals surface area contributed by atoms with Crippen molar-refractivity contribution in [2.75, 3.05) is 32.7 Å². The van der Waals surface area contributed by atoms with Crippen molar-refractivity contribution in [3.63, 3.8) is 0 Å². The number of benzene rings is 1. The van der Waals surface area contributed by atoms with Crippen molar-refractivity contribution in [1.82, 2.24) is 30.1 Å². The summed E-state index contributed by atoms with van der Waals surface area (Å²) in [7, 11) is 0. The Bertz CT molecular complexity index is 1380. The van der Waals surface area contributed by atoms with E-state index in [4.69, 9.17) is 24.3 Å². The Labute approximate surface area is 239 Å². The number of halogens is 7. The number of hydrogen-bond donors (Lipinski definition) is 3. The second kappa shape index (κ2) is 13.7. The van der Waals surface area contributed by atoms with Crippen LogP contribution in [0, 0.1) is 17.7 Å². The fraction of sp³-hybridized carbons (Fsp3) is 0.560. The summed E-state index contributed by atoms with van der Waals surface area (Å²) in [5.74, 6) is -3.45. The minimum Gasteiger partial charge on any atom is -0.475 e. The lowest BCUT2D eigenvalue weighted by Gasteiger charge is -2.31. The molecule has 3 N–H and O–H groups in total. The van der Waals surface area contributed by atoms with Gasteiger partial charge in [0, 0.05) is 38.0 Å². The number of alkyl halides is 6. The molecule has 0 bridgehead atoms. The molecule has 1 atom stereocenters. The van der Waals surface area contributed by atoms with E-state index in [1.807, 2.05) is 19.9 Å². The van der Waals surface area contributed by atoms with Gasteiger partial charge in [-0.3, -0.25) is 0 Å². The van der Waals surface area contributed by atoms with Gasteiger partial charge in [0.15, 0.2) is 0 Å². The van der Waals surface area contributed by atoms with Crippen molar-refractivity contribution in [3.8, 4) is 5.95 Å². The lowest BCUT2D eigenvalue weighted by Crippen LogP contribution is -2.47. The summed E-state index contributed by atoms with van der Waals surface area (Å²) in [5.41, 5.74) is 1.24. The lowest BCUT2D eigenvalue weighted by molar-refractivity contribution is -0.193. The molecule has 0 unspecified atom stereocenters. The van der Waals surface area contributed by atoms with Crippen LogP contribution in [0.5, 0.6) is 0 Å². The summed E-state index contributed by atoms with van der Waals surface area (Å²) in [6.07, 6.45) is -8.26. The van der Waals surface area contributed by atoms with E-state index in [2.05, 4.69) is 25.5 Å². The molecule has 2 aromatic heterocycles. The van der Waals surface area contributed by atoms with Gasteiger partial charge in [-0.25, -0.2) is 14.0 Å². The molecule has 4 heterocycles. The number of nitrogens with one attached hydrogen (secondary N) is 1. The number of aliphatic carboxylic acids is 2. The van der Waals surface area contributed by atoms with Crippen LogP contribution in [-0.4, -0.2) is 92.0 Å². The number of nitrogens with zero attached hydrogens (tertiary/aromatic N) is 5. The number of carbonyl (C=O) groups is 2. The van der Waals surface area contributed by atoms with Crippen LogP contribution >= 0.6 is 0 Å². The number of carboxylic acid groups (broad SMARTS) is 2. The first-order valence-corrected chi connectivity index (χ1v) is 13.0. The molecule has 238 valence electrons. The van der Waals surface area contributed by atoms with Crippen molar-refractivity contribution >= 4 is 22.8 Å². The predicted octanol–water partition coefficient (Wildman–Crippen LogP) is 4.02. The molecular weight excluding hydrogens is 597 g/mol. The molecule has 0 saturated carbocycles. The molecule has 0 radical (unpaired) electrons. The van der Waals surface area contributed by atoms with Gasteiger partial charge in [0.1, 0.15) is 11.3 Å². The lowest BCUT2D eigenvalue weighted by atomic mass is 10.0. The third-order valence-corrected chi connectivity index (χ3v) is 6.58. The van der Waals surface area contributed by atoms with Gasteiger partial charge in [0.05, 0.1) is 5.69 Å². The summed E-state index contributed by atoms with van der Waals surface area (Å²) in [6.45, 7) is 9.76. The van der Waals surface area contributed by atoms with Crippen LogP contribution in [-0.2, 0) is 16.0 Å². The molecule has 0 spiro atoms. The molecule has 0 amide bonds. The van der Waals surface area contributed by atoms with Gasteiger partial charge in [-0.2, -0.15) is 41.1 Å². The highest BCUT2D eigenvalue weighted by Crippen LogP contribution is 2.29. The van der Waals surface area contributed by atoms with Gasteiger partial charge in [0.2, 0.25) is 5.89 Å². The molecule has 1 aromatic carbocycles. The van der Waals surface area contributed by atoms with Gasteiger partial charge in [0.25, 0.3) is 5.95 Å². The number of fused-ring (bicyclic) bond motifs is 1. The van der Waals surface area contributed by atoms with Crippen LogP contribution in [0.25, 0.3) is 16.9 Å². The molecule has 2 aliphatic rings. The highest BCUT2D eigenvalue weighted by atomic mass is 19.4. The van der Waals surface area contributed by atoms with E-state index < -0.39 is 24.3 Å². The van der Waals surface area contributed by atoms with Crippen LogP contribution < -0.4 is 5.32 Å². The number of para-hydroxylation sites is 1.